The number of nitrogens with two attached hydrogens (primary N) is 1. The van der Waals surface area contributed by atoms with E-state index in [0.717, 1.165) is 6.07 Å². The molecule has 1 unspecified atom stereocenters. The molecule has 1 heterocycles. The van der Waals surface area contributed by atoms with Gasteiger partial charge in [0.2, 0.25) is 0 Å². The fraction of sp³-hybridized carbons (Fsp3) is 0.500. The molecular formula is C12H13F4NO2. The summed E-state index contributed by atoms with van der Waals surface area (Å²) in [6.07, 6.45) is -4.92. The maximum atomic E-state index is 13.4. The topological polar surface area (TPSA) is 44.5 Å². The van der Waals surface area contributed by atoms with Crippen LogP contribution in [0.3, 0.4) is 0 Å². The largest absolute Gasteiger partial charge is 0.419 e. The molecule has 0 radical (unpaired) electrons. The van der Waals surface area contributed by atoms with Crippen molar-refractivity contribution in [2.75, 3.05) is 13.2 Å². The molecule has 1 aliphatic rings. The first-order chi connectivity index (χ1) is 8.88. The van der Waals surface area contributed by atoms with Crippen LogP contribution in [-0.4, -0.2) is 19.5 Å². The molecule has 1 atom stereocenters. The Morgan fingerprint density at radius 3 is 2.42 bits per heavy atom. The van der Waals surface area contributed by atoms with Crippen LogP contribution in [0.2, 0.25) is 0 Å². The Morgan fingerprint density at radius 1 is 1.26 bits per heavy atom. The lowest BCUT2D eigenvalue weighted by Crippen LogP contribution is -2.20. The zero-order valence-corrected chi connectivity index (χ0v) is 9.91. The minimum atomic E-state index is -4.70. The Kier molecular flexibility index (Phi) is 4.07. The van der Waals surface area contributed by atoms with Crippen molar-refractivity contribution < 1.29 is 27.0 Å². The van der Waals surface area contributed by atoms with E-state index < -0.39 is 29.9 Å². The normalized spacial score (nSPS) is 18.8. The van der Waals surface area contributed by atoms with Crippen molar-refractivity contribution in [1.82, 2.24) is 0 Å². The lowest BCUT2D eigenvalue weighted by molar-refractivity contribution is -0.140. The van der Waals surface area contributed by atoms with Crippen LogP contribution in [-0.2, 0) is 15.7 Å². The molecule has 1 aromatic carbocycles. The van der Waals surface area contributed by atoms with E-state index >= 15 is 0 Å². The van der Waals surface area contributed by atoms with Gasteiger partial charge in [0.05, 0.1) is 18.8 Å². The third-order valence-corrected chi connectivity index (χ3v) is 2.86. The maximum Gasteiger partial charge on any atom is 0.419 e. The van der Waals surface area contributed by atoms with Gasteiger partial charge >= 0.3 is 6.18 Å². The van der Waals surface area contributed by atoms with Crippen LogP contribution in [0.5, 0.6) is 0 Å². The molecule has 2 rings (SSSR count). The minimum Gasteiger partial charge on any atom is -0.350 e. The average Bonchev–Trinajstić information content (AvgIpc) is 2.79. The number of alkyl halides is 3. The molecule has 1 aromatic rings. The zero-order chi connectivity index (χ0) is 14.0. The molecule has 1 aliphatic heterocycles. The smallest absolute Gasteiger partial charge is 0.350 e. The Bertz CT molecular complexity index is 444. The molecule has 0 aromatic heterocycles. The van der Waals surface area contributed by atoms with Gasteiger partial charge in [-0.1, -0.05) is 6.07 Å². The summed E-state index contributed by atoms with van der Waals surface area (Å²) in [5.74, 6) is -1.33. The Morgan fingerprint density at radius 2 is 1.89 bits per heavy atom. The average molecular weight is 279 g/mol. The van der Waals surface area contributed by atoms with Gasteiger partial charge in [0, 0.05) is 12.5 Å². The fourth-order valence-corrected chi connectivity index (χ4v) is 1.88. The molecule has 0 bridgehead atoms. The van der Waals surface area contributed by atoms with Crippen molar-refractivity contribution >= 4 is 0 Å². The lowest BCUT2D eigenvalue weighted by Gasteiger charge is -2.17. The van der Waals surface area contributed by atoms with Gasteiger partial charge in [0.25, 0.3) is 0 Å². The SMILES string of the molecule is NC(CC1OCCO1)c1ccc(C(F)(F)F)c(F)c1. The van der Waals surface area contributed by atoms with Gasteiger partial charge in [-0.05, 0) is 17.7 Å². The minimum absolute atomic E-state index is 0.269. The summed E-state index contributed by atoms with van der Waals surface area (Å²) in [5, 5.41) is 0. The van der Waals surface area contributed by atoms with Crippen LogP contribution in [0.4, 0.5) is 17.6 Å². The van der Waals surface area contributed by atoms with E-state index in [1.54, 1.807) is 0 Å². The summed E-state index contributed by atoms with van der Waals surface area (Å²) in [5.41, 5.74) is 4.78. The first kappa shape index (κ1) is 14.2. The highest BCUT2D eigenvalue weighted by molar-refractivity contribution is 5.28. The van der Waals surface area contributed by atoms with Gasteiger partial charge in [-0.25, -0.2) is 4.39 Å². The van der Waals surface area contributed by atoms with Crippen molar-refractivity contribution in [3.63, 3.8) is 0 Å². The van der Waals surface area contributed by atoms with Crippen LogP contribution in [0.1, 0.15) is 23.6 Å². The van der Waals surface area contributed by atoms with Crippen molar-refractivity contribution in [1.29, 1.82) is 0 Å². The summed E-state index contributed by atoms with van der Waals surface area (Å²) in [7, 11) is 0. The number of rotatable bonds is 3. The van der Waals surface area contributed by atoms with E-state index in [1.807, 2.05) is 0 Å². The van der Waals surface area contributed by atoms with E-state index in [9.17, 15) is 17.6 Å². The summed E-state index contributed by atoms with van der Waals surface area (Å²) in [4.78, 5) is 0. The van der Waals surface area contributed by atoms with Gasteiger partial charge in [0.15, 0.2) is 6.29 Å². The quantitative estimate of drug-likeness (QED) is 0.865. The van der Waals surface area contributed by atoms with Crippen molar-refractivity contribution in [2.45, 2.75) is 24.9 Å². The van der Waals surface area contributed by atoms with Crippen LogP contribution in [0, 0.1) is 5.82 Å². The van der Waals surface area contributed by atoms with Crippen molar-refractivity contribution in [3.8, 4) is 0 Å². The van der Waals surface area contributed by atoms with E-state index in [0.29, 0.717) is 19.3 Å². The number of halogens is 4. The highest BCUT2D eigenvalue weighted by Crippen LogP contribution is 2.32. The number of benzene rings is 1. The highest BCUT2D eigenvalue weighted by Gasteiger charge is 2.34. The Hall–Kier alpha value is -1.18. The molecule has 0 saturated carbocycles. The van der Waals surface area contributed by atoms with E-state index in [2.05, 4.69) is 0 Å². The van der Waals surface area contributed by atoms with Crippen molar-refractivity contribution in [2.24, 2.45) is 5.73 Å². The van der Waals surface area contributed by atoms with Gasteiger partial charge in [-0.15, -0.1) is 0 Å². The standard InChI is InChI=1S/C12H13F4NO2/c13-9-5-7(1-2-8(9)12(14,15)16)10(17)6-11-18-3-4-19-11/h1-2,5,10-11H,3-4,6,17H2. The second kappa shape index (κ2) is 5.44. The van der Waals surface area contributed by atoms with Gasteiger partial charge in [0.1, 0.15) is 5.82 Å². The lowest BCUT2D eigenvalue weighted by atomic mass is 10.0. The van der Waals surface area contributed by atoms with Gasteiger partial charge in [-0.2, -0.15) is 13.2 Å². The summed E-state index contributed by atoms with van der Waals surface area (Å²) in [6.45, 7) is 0.914. The summed E-state index contributed by atoms with van der Waals surface area (Å²) >= 11 is 0. The molecule has 0 spiro atoms. The monoisotopic (exact) mass is 279 g/mol. The molecule has 0 amide bonds. The Labute approximate surface area is 107 Å². The van der Waals surface area contributed by atoms with E-state index in [4.69, 9.17) is 15.2 Å². The highest BCUT2D eigenvalue weighted by atomic mass is 19.4. The maximum absolute atomic E-state index is 13.4. The molecule has 7 heteroatoms. The molecule has 1 saturated heterocycles. The van der Waals surface area contributed by atoms with Gasteiger partial charge < -0.3 is 15.2 Å². The van der Waals surface area contributed by atoms with Gasteiger partial charge in [-0.3, -0.25) is 0 Å². The molecule has 1 fully saturated rings. The molecule has 2 N–H and O–H groups in total. The van der Waals surface area contributed by atoms with Crippen LogP contribution in [0.25, 0.3) is 0 Å². The summed E-state index contributed by atoms with van der Waals surface area (Å²) in [6, 6.07) is 2.04. The van der Waals surface area contributed by atoms with E-state index in [-0.39, 0.29) is 12.0 Å². The van der Waals surface area contributed by atoms with Crippen LogP contribution < -0.4 is 5.73 Å². The number of hydrogen-bond donors (Lipinski definition) is 1. The second-order valence-corrected chi connectivity index (χ2v) is 4.25. The predicted molar refractivity (Wildman–Crippen MR) is 58.6 cm³/mol. The van der Waals surface area contributed by atoms with E-state index in [1.165, 1.54) is 6.07 Å². The van der Waals surface area contributed by atoms with Crippen molar-refractivity contribution in [3.05, 3.63) is 35.1 Å². The Balaban J connectivity index is 2.10. The first-order valence-corrected chi connectivity index (χ1v) is 5.73. The number of hydrogen-bond acceptors (Lipinski definition) is 3. The zero-order valence-electron chi connectivity index (χ0n) is 9.91. The summed E-state index contributed by atoms with van der Waals surface area (Å²) < 4.78 is 60.9. The second-order valence-electron chi connectivity index (χ2n) is 4.25. The first-order valence-electron chi connectivity index (χ1n) is 5.73. The van der Waals surface area contributed by atoms with Crippen LogP contribution >= 0.6 is 0 Å². The third-order valence-electron chi connectivity index (χ3n) is 2.86. The molecule has 3 nitrogen and oxygen atoms in total. The molecule has 0 aliphatic carbocycles. The third kappa shape index (κ3) is 3.43. The van der Waals surface area contributed by atoms with Crippen LogP contribution in [0.15, 0.2) is 18.2 Å². The molecule has 19 heavy (non-hydrogen) atoms. The fourth-order valence-electron chi connectivity index (χ4n) is 1.88. The molecular weight excluding hydrogens is 266 g/mol. The molecule has 106 valence electrons. The number of ether oxygens (including phenoxy) is 2. The predicted octanol–water partition coefficient (Wildman–Crippen LogP) is 2.61.